The molecular formula is C27H34N6O2. The zero-order valence-corrected chi connectivity index (χ0v) is 20.2. The third-order valence-corrected chi connectivity index (χ3v) is 6.79. The molecule has 2 fully saturated rings. The second-order valence-corrected chi connectivity index (χ2v) is 9.03. The molecule has 0 bridgehead atoms. The van der Waals surface area contributed by atoms with Crippen molar-refractivity contribution in [2.45, 2.75) is 6.42 Å². The van der Waals surface area contributed by atoms with Gasteiger partial charge >= 0.3 is 0 Å². The largest absolute Gasteiger partial charge is 0.369 e. The van der Waals surface area contributed by atoms with Crippen LogP contribution in [0.5, 0.6) is 0 Å². The molecule has 2 amide bonds. The van der Waals surface area contributed by atoms with Crippen LogP contribution in [-0.2, 0) is 4.79 Å². The van der Waals surface area contributed by atoms with Gasteiger partial charge in [0.25, 0.3) is 5.91 Å². The first-order valence-electron chi connectivity index (χ1n) is 12.4. The van der Waals surface area contributed by atoms with Crippen molar-refractivity contribution in [3.05, 3.63) is 65.7 Å². The predicted molar refractivity (Wildman–Crippen MR) is 136 cm³/mol. The van der Waals surface area contributed by atoms with E-state index in [0.717, 1.165) is 45.8 Å². The number of para-hydroxylation sites is 1. The topological polar surface area (TPSA) is 82.9 Å². The van der Waals surface area contributed by atoms with Crippen molar-refractivity contribution in [1.82, 2.24) is 20.0 Å². The number of carbonyl (C=O) groups is 2. The lowest BCUT2D eigenvalue weighted by Gasteiger charge is -2.37. The molecule has 2 aliphatic heterocycles. The van der Waals surface area contributed by atoms with Crippen LogP contribution in [0.1, 0.15) is 22.3 Å². The highest BCUT2D eigenvalue weighted by molar-refractivity contribution is 5.94. The Kier molecular flexibility index (Phi) is 8.71. The minimum Gasteiger partial charge on any atom is -0.369 e. The second-order valence-electron chi connectivity index (χ2n) is 9.03. The van der Waals surface area contributed by atoms with Gasteiger partial charge in [-0.2, -0.15) is 5.26 Å². The summed E-state index contributed by atoms with van der Waals surface area (Å²) in [4.78, 5) is 34.5. The van der Waals surface area contributed by atoms with Gasteiger partial charge in [0.05, 0.1) is 11.6 Å². The smallest absolute Gasteiger partial charge is 0.253 e. The van der Waals surface area contributed by atoms with Crippen molar-refractivity contribution < 1.29 is 9.59 Å². The van der Waals surface area contributed by atoms with Crippen molar-refractivity contribution in [2.24, 2.45) is 0 Å². The Labute approximate surface area is 207 Å². The Bertz CT molecular complexity index is 1010. The van der Waals surface area contributed by atoms with Crippen LogP contribution in [0.2, 0.25) is 0 Å². The summed E-state index contributed by atoms with van der Waals surface area (Å²) < 4.78 is 0. The number of amides is 2. The zero-order chi connectivity index (χ0) is 24.5. The van der Waals surface area contributed by atoms with Crippen LogP contribution < -0.4 is 10.2 Å². The van der Waals surface area contributed by atoms with Crippen molar-refractivity contribution in [1.29, 1.82) is 5.26 Å². The van der Waals surface area contributed by atoms with Gasteiger partial charge in [-0.25, -0.2) is 0 Å². The number of benzene rings is 2. The minimum absolute atomic E-state index is 0.0921. The zero-order valence-electron chi connectivity index (χ0n) is 20.2. The van der Waals surface area contributed by atoms with E-state index < -0.39 is 0 Å². The number of anilines is 1. The molecule has 0 spiro atoms. The van der Waals surface area contributed by atoms with E-state index >= 15 is 0 Å². The molecular weight excluding hydrogens is 440 g/mol. The van der Waals surface area contributed by atoms with E-state index in [9.17, 15) is 9.59 Å². The quantitative estimate of drug-likeness (QED) is 0.627. The van der Waals surface area contributed by atoms with Gasteiger partial charge in [0, 0.05) is 89.7 Å². The Morgan fingerprint density at radius 1 is 0.886 bits per heavy atom. The molecule has 0 unspecified atom stereocenters. The molecule has 8 nitrogen and oxygen atoms in total. The SMILES string of the molecule is N#Cc1ccc(C(=O)N(CCC(=O)N2CCNCC2)CCN2CCN(c3ccccc3)CC2)cc1. The van der Waals surface area contributed by atoms with Gasteiger partial charge < -0.3 is 20.0 Å². The highest BCUT2D eigenvalue weighted by Crippen LogP contribution is 2.16. The Morgan fingerprint density at radius 2 is 1.57 bits per heavy atom. The lowest BCUT2D eigenvalue weighted by atomic mass is 10.1. The maximum atomic E-state index is 13.3. The Hall–Kier alpha value is -3.41. The molecule has 2 saturated heterocycles. The number of rotatable bonds is 8. The highest BCUT2D eigenvalue weighted by atomic mass is 16.2. The van der Waals surface area contributed by atoms with Gasteiger partial charge in [-0.3, -0.25) is 14.5 Å². The van der Waals surface area contributed by atoms with Crippen molar-refractivity contribution in [3.8, 4) is 6.07 Å². The molecule has 2 aromatic carbocycles. The van der Waals surface area contributed by atoms with Gasteiger partial charge in [0.2, 0.25) is 5.91 Å². The third-order valence-electron chi connectivity index (χ3n) is 6.79. The van der Waals surface area contributed by atoms with E-state index in [4.69, 9.17) is 5.26 Å². The fourth-order valence-corrected chi connectivity index (χ4v) is 4.62. The molecule has 184 valence electrons. The Morgan fingerprint density at radius 3 is 2.23 bits per heavy atom. The molecule has 8 heteroatoms. The average Bonchev–Trinajstić information content (AvgIpc) is 2.94. The molecule has 0 saturated carbocycles. The number of nitrogens with zero attached hydrogens (tertiary/aromatic N) is 5. The number of hydrogen-bond acceptors (Lipinski definition) is 6. The highest BCUT2D eigenvalue weighted by Gasteiger charge is 2.23. The molecule has 2 aromatic rings. The molecule has 0 aliphatic carbocycles. The number of nitriles is 1. The van der Waals surface area contributed by atoms with Crippen molar-refractivity contribution in [3.63, 3.8) is 0 Å². The summed E-state index contributed by atoms with van der Waals surface area (Å²) in [6.45, 7) is 8.58. The van der Waals surface area contributed by atoms with Crippen LogP contribution in [0.15, 0.2) is 54.6 Å². The molecule has 0 atom stereocenters. The van der Waals surface area contributed by atoms with E-state index in [1.54, 1.807) is 29.2 Å². The number of hydrogen-bond donors (Lipinski definition) is 1. The molecule has 0 aromatic heterocycles. The van der Waals surface area contributed by atoms with E-state index in [1.165, 1.54) is 5.69 Å². The summed E-state index contributed by atoms with van der Waals surface area (Å²) in [5, 5.41) is 12.3. The van der Waals surface area contributed by atoms with Gasteiger partial charge in [-0.05, 0) is 36.4 Å². The fourth-order valence-electron chi connectivity index (χ4n) is 4.62. The van der Waals surface area contributed by atoms with Crippen LogP contribution in [0.4, 0.5) is 5.69 Å². The van der Waals surface area contributed by atoms with E-state index in [0.29, 0.717) is 43.7 Å². The monoisotopic (exact) mass is 474 g/mol. The molecule has 4 rings (SSSR count). The minimum atomic E-state index is -0.0921. The normalized spacial score (nSPS) is 16.5. The van der Waals surface area contributed by atoms with E-state index in [1.807, 2.05) is 11.0 Å². The summed E-state index contributed by atoms with van der Waals surface area (Å²) in [5.74, 6) is 0.00567. The lowest BCUT2D eigenvalue weighted by Crippen LogP contribution is -2.50. The summed E-state index contributed by atoms with van der Waals surface area (Å²) in [7, 11) is 0. The second kappa shape index (κ2) is 12.3. The standard InChI is InChI=1S/C27H34N6O2/c28-22-23-6-8-24(9-7-23)27(35)33(13-10-26(34)32-14-11-29-12-15-32)21-18-30-16-19-31(20-17-30)25-4-2-1-3-5-25/h1-9,29H,10-21H2. The summed E-state index contributed by atoms with van der Waals surface area (Å²) in [6.07, 6.45) is 0.323. The number of piperazine rings is 2. The maximum absolute atomic E-state index is 13.3. The van der Waals surface area contributed by atoms with E-state index in [2.05, 4.69) is 45.5 Å². The third kappa shape index (κ3) is 6.81. The summed E-state index contributed by atoms with van der Waals surface area (Å²) in [5.41, 5.74) is 2.32. The van der Waals surface area contributed by atoms with Crippen LogP contribution in [0.3, 0.4) is 0 Å². The lowest BCUT2D eigenvalue weighted by molar-refractivity contribution is -0.131. The van der Waals surface area contributed by atoms with Crippen molar-refractivity contribution >= 4 is 17.5 Å². The average molecular weight is 475 g/mol. The van der Waals surface area contributed by atoms with Crippen LogP contribution in [0, 0.1) is 11.3 Å². The fraction of sp³-hybridized carbons (Fsp3) is 0.444. The molecule has 1 N–H and O–H groups in total. The first kappa shape index (κ1) is 24.7. The number of carbonyl (C=O) groups excluding carboxylic acids is 2. The van der Waals surface area contributed by atoms with Gasteiger partial charge in [-0.1, -0.05) is 18.2 Å². The predicted octanol–water partition coefficient (Wildman–Crippen LogP) is 1.64. The maximum Gasteiger partial charge on any atom is 0.253 e. The molecule has 2 heterocycles. The van der Waals surface area contributed by atoms with Gasteiger partial charge in [0.15, 0.2) is 0 Å². The van der Waals surface area contributed by atoms with Crippen LogP contribution in [-0.4, -0.2) is 98.5 Å². The van der Waals surface area contributed by atoms with E-state index in [-0.39, 0.29) is 11.8 Å². The first-order chi connectivity index (χ1) is 17.1. The van der Waals surface area contributed by atoms with Gasteiger partial charge in [-0.15, -0.1) is 0 Å². The molecule has 0 radical (unpaired) electrons. The summed E-state index contributed by atoms with van der Waals surface area (Å²) >= 11 is 0. The molecule has 2 aliphatic rings. The van der Waals surface area contributed by atoms with Crippen LogP contribution in [0.25, 0.3) is 0 Å². The summed E-state index contributed by atoms with van der Waals surface area (Å²) in [6, 6.07) is 19.3. The van der Waals surface area contributed by atoms with Crippen molar-refractivity contribution in [2.75, 3.05) is 76.9 Å². The Balaban J connectivity index is 1.34. The molecule has 35 heavy (non-hydrogen) atoms. The first-order valence-corrected chi connectivity index (χ1v) is 12.4. The van der Waals surface area contributed by atoms with Crippen LogP contribution >= 0.6 is 0 Å². The number of nitrogens with one attached hydrogen (secondary N) is 1. The van der Waals surface area contributed by atoms with Gasteiger partial charge in [0.1, 0.15) is 0 Å².